The van der Waals surface area contributed by atoms with E-state index in [9.17, 15) is 0 Å². The van der Waals surface area contributed by atoms with Crippen molar-refractivity contribution in [1.29, 1.82) is 0 Å². The summed E-state index contributed by atoms with van der Waals surface area (Å²) in [6, 6.07) is 0. The van der Waals surface area contributed by atoms with Crippen LogP contribution in [0.15, 0.2) is 5.16 Å². The molecule has 1 aliphatic rings. The van der Waals surface area contributed by atoms with Gasteiger partial charge in [-0.05, 0) is 38.9 Å². The molecule has 0 aromatic carbocycles. The van der Waals surface area contributed by atoms with E-state index < -0.39 is 0 Å². The van der Waals surface area contributed by atoms with Crippen molar-refractivity contribution in [1.82, 2.24) is 15.2 Å². The molecule has 0 unspecified atom stereocenters. The number of hydrogen-bond acceptors (Lipinski definition) is 5. The molecule has 2 rings (SSSR count). The maximum Gasteiger partial charge on any atom is 0.209 e. The van der Waals surface area contributed by atoms with Crippen LogP contribution in [0.25, 0.3) is 0 Å². The number of aromatic nitrogens is 3. The highest BCUT2D eigenvalue weighted by molar-refractivity contribution is 7.98. The second-order valence-corrected chi connectivity index (χ2v) is 4.97. The first-order valence-electron chi connectivity index (χ1n) is 5.16. The van der Waals surface area contributed by atoms with Crippen LogP contribution in [-0.2, 0) is 6.42 Å². The van der Waals surface area contributed by atoms with Crippen LogP contribution < -0.4 is 5.73 Å². The number of thioether (sulfide) groups is 1. The van der Waals surface area contributed by atoms with Gasteiger partial charge in [-0.15, -0.1) is 5.10 Å². The van der Waals surface area contributed by atoms with Crippen LogP contribution in [0, 0.1) is 6.92 Å². The topological polar surface area (TPSA) is 64.7 Å². The molecule has 1 heterocycles. The summed E-state index contributed by atoms with van der Waals surface area (Å²) in [6.07, 6.45) is 6.15. The van der Waals surface area contributed by atoms with E-state index >= 15 is 0 Å². The third-order valence-corrected chi connectivity index (χ3v) is 3.41. The minimum atomic E-state index is 0.0896. The van der Waals surface area contributed by atoms with Gasteiger partial charge in [0.15, 0.2) is 0 Å². The molecule has 4 nitrogen and oxygen atoms in total. The van der Waals surface area contributed by atoms with Crippen LogP contribution in [0.2, 0.25) is 0 Å². The van der Waals surface area contributed by atoms with Crippen molar-refractivity contribution in [2.45, 2.75) is 43.3 Å². The van der Waals surface area contributed by atoms with E-state index in [1.165, 1.54) is 11.8 Å². The van der Waals surface area contributed by atoms with Crippen molar-refractivity contribution in [3.05, 3.63) is 11.4 Å². The van der Waals surface area contributed by atoms with Crippen molar-refractivity contribution >= 4 is 11.8 Å². The summed E-state index contributed by atoms with van der Waals surface area (Å²) in [6.45, 7) is 1.99. The summed E-state index contributed by atoms with van der Waals surface area (Å²) in [5, 5.41) is 8.97. The minimum Gasteiger partial charge on any atom is -0.325 e. The van der Waals surface area contributed by atoms with Gasteiger partial charge in [-0.25, -0.2) is 4.98 Å². The van der Waals surface area contributed by atoms with Gasteiger partial charge in [0.25, 0.3) is 0 Å². The van der Waals surface area contributed by atoms with Gasteiger partial charge in [0.1, 0.15) is 0 Å². The smallest absolute Gasteiger partial charge is 0.209 e. The van der Waals surface area contributed by atoms with Crippen LogP contribution >= 0.6 is 11.8 Å². The summed E-state index contributed by atoms with van der Waals surface area (Å²) in [5.41, 5.74) is 8.09. The predicted octanol–water partition coefficient (Wildman–Crippen LogP) is 1.33. The van der Waals surface area contributed by atoms with Crippen LogP contribution in [0.4, 0.5) is 0 Å². The number of hydrogen-bond donors (Lipinski definition) is 1. The lowest BCUT2D eigenvalue weighted by Crippen LogP contribution is -2.22. The first-order chi connectivity index (χ1) is 7.13. The molecule has 1 aliphatic carbocycles. The van der Waals surface area contributed by atoms with E-state index in [2.05, 4.69) is 15.2 Å². The quantitative estimate of drug-likeness (QED) is 0.782. The van der Waals surface area contributed by atoms with Crippen LogP contribution in [0.5, 0.6) is 0 Å². The molecule has 1 aromatic heterocycles. The van der Waals surface area contributed by atoms with Gasteiger partial charge in [-0.1, -0.05) is 11.8 Å². The maximum absolute atomic E-state index is 6.03. The first-order valence-corrected chi connectivity index (χ1v) is 6.38. The average Bonchev–Trinajstić information content (AvgIpc) is 2.95. The fourth-order valence-electron chi connectivity index (χ4n) is 1.50. The number of rotatable bonds is 4. The van der Waals surface area contributed by atoms with E-state index in [0.29, 0.717) is 0 Å². The van der Waals surface area contributed by atoms with Crippen molar-refractivity contribution in [3.63, 3.8) is 0 Å². The lowest BCUT2D eigenvalue weighted by atomic mass is 10.1. The van der Waals surface area contributed by atoms with Gasteiger partial charge in [-0.2, -0.15) is 5.10 Å². The standard InChI is InChI=1S/C10H16N4S/c1-7-8(3-4-10(11)5-6-10)13-14-9(12-7)15-2/h3-6,11H2,1-2H3. The zero-order chi connectivity index (χ0) is 10.9. The highest BCUT2D eigenvalue weighted by Crippen LogP contribution is 2.36. The molecule has 82 valence electrons. The molecule has 1 fully saturated rings. The molecule has 0 spiro atoms. The van der Waals surface area contributed by atoms with E-state index in [0.717, 1.165) is 42.2 Å². The lowest BCUT2D eigenvalue weighted by molar-refractivity contribution is 0.591. The third kappa shape index (κ3) is 2.66. The molecule has 1 aromatic rings. The highest BCUT2D eigenvalue weighted by atomic mass is 32.2. The SMILES string of the molecule is CSc1nnc(CCC2(N)CC2)c(C)n1. The molecule has 5 heteroatoms. The summed E-state index contributed by atoms with van der Waals surface area (Å²) in [5.74, 6) is 0. The Kier molecular flexibility index (Phi) is 2.93. The average molecular weight is 224 g/mol. The van der Waals surface area contributed by atoms with Gasteiger partial charge >= 0.3 is 0 Å². The number of aryl methyl sites for hydroxylation is 2. The van der Waals surface area contributed by atoms with Gasteiger partial charge in [0.05, 0.1) is 11.4 Å². The van der Waals surface area contributed by atoms with E-state index in [-0.39, 0.29) is 5.54 Å². The van der Waals surface area contributed by atoms with E-state index in [1.807, 2.05) is 13.2 Å². The Morgan fingerprint density at radius 1 is 1.40 bits per heavy atom. The first kappa shape index (κ1) is 10.8. The lowest BCUT2D eigenvalue weighted by Gasteiger charge is -2.08. The molecule has 1 saturated carbocycles. The summed E-state index contributed by atoms with van der Waals surface area (Å²) in [7, 11) is 0. The molecule has 0 aliphatic heterocycles. The molecule has 15 heavy (non-hydrogen) atoms. The fourth-order valence-corrected chi connectivity index (χ4v) is 1.85. The molecule has 0 atom stereocenters. The van der Waals surface area contributed by atoms with Crippen LogP contribution in [0.1, 0.15) is 30.7 Å². The van der Waals surface area contributed by atoms with Gasteiger partial charge in [0, 0.05) is 5.54 Å². The summed E-state index contributed by atoms with van der Waals surface area (Å²) < 4.78 is 0. The Bertz CT molecular complexity index is 362. The predicted molar refractivity (Wildman–Crippen MR) is 60.8 cm³/mol. The zero-order valence-corrected chi connectivity index (χ0v) is 9.97. The Morgan fingerprint density at radius 3 is 2.67 bits per heavy atom. The highest BCUT2D eigenvalue weighted by Gasteiger charge is 2.37. The molecule has 0 amide bonds. The molecular weight excluding hydrogens is 208 g/mol. The molecule has 2 N–H and O–H groups in total. The number of nitrogens with zero attached hydrogens (tertiary/aromatic N) is 3. The second kappa shape index (κ2) is 4.06. The normalized spacial score (nSPS) is 17.8. The molecule has 0 saturated heterocycles. The molecule has 0 bridgehead atoms. The van der Waals surface area contributed by atoms with Gasteiger partial charge in [-0.3, -0.25) is 0 Å². The Hall–Kier alpha value is -0.680. The Balaban J connectivity index is 2.01. The Morgan fingerprint density at radius 2 is 2.13 bits per heavy atom. The third-order valence-electron chi connectivity index (χ3n) is 2.87. The fraction of sp³-hybridized carbons (Fsp3) is 0.700. The van der Waals surface area contributed by atoms with Gasteiger partial charge < -0.3 is 5.73 Å². The van der Waals surface area contributed by atoms with E-state index in [1.54, 1.807) is 0 Å². The summed E-state index contributed by atoms with van der Waals surface area (Å²) >= 11 is 1.52. The van der Waals surface area contributed by atoms with E-state index in [4.69, 9.17) is 5.73 Å². The van der Waals surface area contributed by atoms with Crippen molar-refractivity contribution in [2.24, 2.45) is 5.73 Å². The monoisotopic (exact) mass is 224 g/mol. The van der Waals surface area contributed by atoms with Gasteiger partial charge in [0.2, 0.25) is 5.16 Å². The minimum absolute atomic E-state index is 0.0896. The molecule has 0 radical (unpaired) electrons. The Labute approximate surface area is 94.1 Å². The maximum atomic E-state index is 6.03. The van der Waals surface area contributed by atoms with Crippen molar-refractivity contribution < 1.29 is 0 Å². The van der Waals surface area contributed by atoms with Crippen LogP contribution in [0.3, 0.4) is 0 Å². The van der Waals surface area contributed by atoms with Crippen molar-refractivity contribution in [3.8, 4) is 0 Å². The van der Waals surface area contributed by atoms with Crippen molar-refractivity contribution in [2.75, 3.05) is 6.26 Å². The van der Waals surface area contributed by atoms with Crippen LogP contribution in [-0.4, -0.2) is 27.0 Å². The zero-order valence-electron chi connectivity index (χ0n) is 9.16. The number of nitrogens with two attached hydrogens (primary N) is 1. The summed E-state index contributed by atoms with van der Waals surface area (Å²) in [4.78, 5) is 4.36. The second-order valence-electron chi connectivity index (χ2n) is 4.19. The largest absolute Gasteiger partial charge is 0.325 e. The molecular formula is C10H16N4S.